The number of nitrogen functional groups attached to an aromatic ring is 1. The molecule has 4 N–H and O–H groups in total. The molecule has 0 aromatic carbocycles. The van der Waals surface area contributed by atoms with E-state index in [0.29, 0.717) is 25.0 Å². The number of H-pyrrole nitrogens is 1. The lowest BCUT2D eigenvalue weighted by atomic mass is 10.1. The minimum atomic E-state index is -0.392. The van der Waals surface area contributed by atoms with Crippen molar-refractivity contribution in [3.8, 4) is 0 Å². The number of hydrogen-bond acceptors (Lipinski definition) is 7. The van der Waals surface area contributed by atoms with Crippen LogP contribution in [0.1, 0.15) is 19.8 Å². The first-order valence-corrected chi connectivity index (χ1v) is 7.02. The average molecular weight is 309 g/mol. The first kappa shape index (κ1) is 16.0. The Labute approximate surface area is 126 Å². The van der Waals surface area contributed by atoms with Crippen molar-refractivity contribution in [2.45, 2.75) is 26.3 Å². The number of carbonyl (C=O) groups excluding carboxylic acids is 1. The summed E-state index contributed by atoms with van der Waals surface area (Å²) >= 11 is 0. The summed E-state index contributed by atoms with van der Waals surface area (Å²) in [5.74, 6) is -0.463. The molecule has 0 radical (unpaired) electrons. The molecule has 0 fully saturated rings. The van der Waals surface area contributed by atoms with Crippen LogP contribution in [-0.2, 0) is 16.1 Å². The SMILES string of the molecule is CCC(=O)OCC(CO)CCn1cnc2c(=O)[nH]c(N)nc21. The van der Waals surface area contributed by atoms with Crippen molar-refractivity contribution in [3.05, 3.63) is 16.7 Å². The number of ether oxygens (including phenoxy) is 1. The number of aromatic amines is 1. The van der Waals surface area contributed by atoms with Gasteiger partial charge in [-0.25, -0.2) is 4.98 Å². The van der Waals surface area contributed by atoms with Gasteiger partial charge in [-0.2, -0.15) is 4.98 Å². The highest BCUT2D eigenvalue weighted by atomic mass is 16.5. The molecule has 2 aromatic rings. The topological polar surface area (TPSA) is 136 Å². The zero-order chi connectivity index (χ0) is 16.1. The number of aliphatic hydroxyl groups excluding tert-OH is 1. The number of carbonyl (C=O) groups is 1. The number of rotatable bonds is 7. The van der Waals surface area contributed by atoms with Crippen LogP contribution in [0.4, 0.5) is 5.95 Å². The predicted molar refractivity (Wildman–Crippen MR) is 79.0 cm³/mol. The quantitative estimate of drug-likeness (QED) is 0.595. The Bertz CT molecular complexity index is 708. The van der Waals surface area contributed by atoms with E-state index in [2.05, 4.69) is 15.0 Å². The van der Waals surface area contributed by atoms with Crippen LogP contribution in [0.2, 0.25) is 0 Å². The predicted octanol–water partition coefficient (Wildman–Crippen LogP) is -0.346. The molecule has 0 saturated heterocycles. The van der Waals surface area contributed by atoms with Crippen molar-refractivity contribution in [3.63, 3.8) is 0 Å². The van der Waals surface area contributed by atoms with Crippen molar-refractivity contribution >= 4 is 23.1 Å². The number of nitrogens with zero attached hydrogens (tertiary/aromatic N) is 3. The molecule has 1 unspecified atom stereocenters. The van der Waals surface area contributed by atoms with Gasteiger partial charge in [0.1, 0.15) is 0 Å². The lowest BCUT2D eigenvalue weighted by Gasteiger charge is -2.14. The Hall–Kier alpha value is -2.42. The largest absolute Gasteiger partial charge is 0.465 e. The summed E-state index contributed by atoms with van der Waals surface area (Å²) < 4.78 is 6.71. The third-order valence-corrected chi connectivity index (χ3v) is 3.30. The number of imidazole rings is 1. The zero-order valence-corrected chi connectivity index (χ0v) is 12.3. The van der Waals surface area contributed by atoms with E-state index < -0.39 is 5.56 Å². The van der Waals surface area contributed by atoms with Gasteiger partial charge < -0.3 is 20.1 Å². The minimum absolute atomic E-state index is 0.0230. The molecule has 0 amide bonds. The lowest BCUT2D eigenvalue weighted by molar-refractivity contribution is -0.145. The Morgan fingerprint density at radius 3 is 3.05 bits per heavy atom. The van der Waals surface area contributed by atoms with E-state index in [0.717, 1.165) is 0 Å². The second-order valence-electron chi connectivity index (χ2n) is 4.94. The van der Waals surface area contributed by atoms with Gasteiger partial charge in [-0.3, -0.25) is 14.6 Å². The summed E-state index contributed by atoms with van der Waals surface area (Å²) in [6.07, 6.45) is 2.35. The molecule has 2 heterocycles. The van der Waals surface area contributed by atoms with Gasteiger partial charge in [-0.1, -0.05) is 6.92 Å². The number of nitrogens with two attached hydrogens (primary N) is 1. The Morgan fingerprint density at radius 1 is 1.59 bits per heavy atom. The molecule has 0 aliphatic rings. The second kappa shape index (κ2) is 7.03. The highest BCUT2D eigenvalue weighted by Gasteiger charge is 2.13. The molecule has 0 saturated carbocycles. The Balaban J connectivity index is 2.04. The van der Waals surface area contributed by atoms with Crippen LogP contribution in [0.25, 0.3) is 11.2 Å². The summed E-state index contributed by atoms with van der Waals surface area (Å²) in [4.78, 5) is 33.2. The third kappa shape index (κ3) is 3.61. The van der Waals surface area contributed by atoms with Crippen LogP contribution < -0.4 is 11.3 Å². The minimum Gasteiger partial charge on any atom is -0.465 e. The molecule has 0 aliphatic heterocycles. The summed E-state index contributed by atoms with van der Waals surface area (Å²) in [6, 6.07) is 0. The van der Waals surface area contributed by atoms with E-state index in [9.17, 15) is 14.7 Å². The molecule has 1 atom stereocenters. The zero-order valence-electron chi connectivity index (χ0n) is 12.3. The summed E-state index contributed by atoms with van der Waals surface area (Å²) in [6.45, 7) is 2.24. The van der Waals surface area contributed by atoms with Gasteiger partial charge >= 0.3 is 5.97 Å². The number of anilines is 1. The first-order chi connectivity index (χ1) is 10.5. The maximum atomic E-state index is 11.7. The second-order valence-corrected chi connectivity index (χ2v) is 4.94. The summed E-state index contributed by atoms with van der Waals surface area (Å²) in [7, 11) is 0. The van der Waals surface area contributed by atoms with E-state index in [1.807, 2.05) is 0 Å². The van der Waals surface area contributed by atoms with Crippen LogP contribution in [0.15, 0.2) is 11.1 Å². The molecule has 2 rings (SSSR count). The van der Waals surface area contributed by atoms with Crippen molar-refractivity contribution in [1.29, 1.82) is 0 Å². The van der Waals surface area contributed by atoms with Gasteiger partial charge in [-0.05, 0) is 6.42 Å². The monoisotopic (exact) mass is 309 g/mol. The maximum absolute atomic E-state index is 11.7. The fraction of sp³-hybridized carbons (Fsp3) is 0.538. The van der Waals surface area contributed by atoms with Gasteiger partial charge in [0.05, 0.1) is 12.9 Å². The molecule has 0 aliphatic carbocycles. The molecule has 0 bridgehead atoms. The van der Waals surface area contributed by atoms with E-state index in [1.54, 1.807) is 11.5 Å². The van der Waals surface area contributed by atoms with Gasteiger partial charge in [0.25, 0.3) is 5.56 Å². The van der Waals surface area contributed by atoms with Gasteiger partial charge in [0.2, 0.25) is 5.95 Å². The fourth-order valence-corrected chi connectivity index (χ4v) is 2.00. The van der Waals surface area contributed by atoms with Gasteiger partial charge in [0.15, 0.2) is 11.2 Å². The van der Waals surface area contributed by atoms with Crippen LogP contribution in [-0.4, -0.2) is 43.8 Å². The highest BCUT2D eigenvalue weighted by molar-refractivity contribution is 5.70. The van der Waals surface area contributed by atoms with Crippen molar-refractivity contribution < 1.29 is 14.6 Å². The standard InChI is InChI=1S/C13H19N5O4/c1-2-9(20)22-6-8(5-19)3-4-18-7-15-10-11(18)16-13(14)17-12(10)21/h7-8,19H,2-6H2,1H3,(H3,14,16,17,21). The van der Waals surface area contributed by atoms with Gasteiger partial charge in [-0.15, -0.1) is 0 Å². The van der Waals surface area contributed by atoms with E-state index in [-0.39, 0.29) is 36.6 Å². The van der Waals surface area contributed by atoms with E-state index in [1.165, 1.54) is 6.33 Å². The molecule has 9 heteroatoms. The molecule has 2 aromatic heterocycles. The third-order valence-electron chi connectivity index (χ3n) is 3.30. The molecular formula is C13H19N5O4. The first-order valence-electron chi connectivity index (χ1n) is 7.02. The molecular weight excluding hydrogens is 290 g/mol. The van der Waals surface area contributed by atoms with Crippen LogP contribution in [0.5, 0.6) is 0 Å². The number of aryl methyl sites for hydroxylation is 1. The number of hydrogen-bond donors (Lipinski definition) is 3. The fourth-order valence-electron chi connectivity index (χ4n) is 2.00. The number of nitrogens with one attached hydrogen (secondary N) is 1. The molecule has 22 heavy (non-hydrogen) atoms. The Morgan fingerprint density at radius 2 is 2.36 bits per heavy atom. The number of aromatic nitrogens is 4. The number of fused-ring (bicyclic) bond motifs is 1. The normalized spacial score (nSPS) is 12.5. The molecule has 120 valence electrons. The van der Waals surface area contributed by atoms with Crippen molar-refractivity contribution in [2.75, 3.05) is 18.9 Å². The van der Waals surface area contributed by atoms with Crippen LogP contribution in [0, 0.1) is 5.92 Å². The van der Waals surface area contributed by atoms with E-state index >= 15 is 0 Å². The smallest absolute Gasteiger partial charge is 0.305 e. The van der Waals surface area contributed by atoms with Gasteiger partial charge in [0, 0.05) is 25.5 Å². The Kier molecular flexibility index (Phi) is 5.10. The summed E-state index contributed by atoms with van der Waals surface area (Å²) in [5, 5.41) is 9.33. The average Bonchev–Trinajstić information content (AvgIpc) is 2.90. The maximum Gasteiger partial charge on any atom is 0.305 e. The van der Waals surface area contributed by atoms with Crippen molar-refractivity contribution in [2.24, 2.45) is 5.92 Å². The molecule has 9 nitrogen and oxygen atoms in total. The molecule has 0 spiro atoms. The van der Waals surface area contributed by atoms with E-state index in [4.69, 9.17) is 10.5 Å². The lowest BCUT2D eigenvalue weighted by Crippen LogP contribution is -2.19. The summed E-state index contributed by atoms with van der Waals surface area (Å²) in [5.41, 5.74) is 5.74. The van der Waals surface area contributed by atoms with Crippen LogP contribution >= 0.6 is 0 Å². The number of aliphatic hydroxyl groups is 1. The van der Waals surface area contributed by atoms with Crippen molar-refractivity contribution in [1.82, 2.24) is 19.5 Å². The highest BCUT2D eigenvalue weighted by Crippen LogP contribution is 2.11. The number of esters is 1. The van der Waals surface area contributed by atoms with Crippen LogP contribution in [0.3, 0.4) is 0 Å².